The van der Waals surface area contributed by atoms with Crippen molar-refractivity contribution in [1.82, 2.24) is 0 Å². The Morgan fingerprint density at radius 1 is 1.10 bits per heavy atom. The topological polar surface area (TPSA) is 67.9 Å². The highest BCUT2D eigenvalue weighted by Crippen LogP contribution is 2.35. The van der Waals surface area contributed by atoms with E-state index in [4.69, 9.17) is 4.74 Å². The zero-order valence-corrected chi connectivity index (χ0v) is 16.9. The first-order valence-electron chi connectivity index (χ1n) is 10.4. The molecule has 4 rings (SSSR count). The molecule has 0 aromatic heterocycles. The van der Waals surface area contributed by atoms with Crippen LogP contribution in [0.15, 0.2) is 48.5 Å². The monoisotopic (exact) mass is 430 g/mol. The Bertz CT molecular complexity index is 934. The molecular formula is C23H24F2N2O4. The van der Waals surface area contributed by atoms with Crippen molar-refractivity contribution in [2.45, 2.75) is 32.3 Å². The van der Waals surface area contributed by atoms with Gasteiger partial charge >= 0.3 is 6.61 Å². The molecule has 1 aliphatic heterocycles. The maximum absolute atomic E-state index is 12.9. The van der Waals surface area contributed by atoms with Crippen molar-refractivity contribution in [3.63, 3.8) is 0 Å². The summed E-state index contributed by atoms with van der Waals surface area (Å²) in [5.74, 6) is -0.0855. The molecule has 2 aromatic rings. The number of hydrogen-bond acceptors (Lipinski definition) is 4. The summed E-state index contributed by atoms with van der Waals surface area (Å²) in [6.45, 7) is -2.26. The molecule has 1 aliphatic carbocycles. The molecule has 0 unspecified atom stereocenters. The zero-order valence-electron chi connectivity index (χ0n) is 16.9. The van der Waals surface area contributed by atoms with Crippen molar-refractivity contribution >= 4 is 23.2 Å². The van der Waals surface area contributed by atoms with Crippen molar-refractivity contribution in [2.24, 2.45) is 11.8 Å². The second-order valence-electron chi connectivity index (χ2n) is 7.86. The third kappa shape index (κ3) is 5.51. The Kier molecular flexibility index (Phi) is 6.34. The fraction of sp³-hybridized carbons (Fsp3) is 0.391. The summed E-state index contributed by atoms with van der Waals surface area (Å²) in [5, 5.41) is 2.82. The van der Waals surface area contributed by atoms with Crippen LogP contribution >= 0.6 is 0 Å². The van der Waals surface area contributed by atoms with E-state index in [9.17, 15) is 18.4 Å². The van der Waals surface area contributed by atoms with E-state index in [2.05, 4.69) is 10.1 Å². The number of para-hydroxylation sites is 1. The van der Waals surface area contributed by atoms with Crippen LogP contribution in [0.2, 0.25) is 0 Å². The number of anilines is 2. The maximum Gasteiger partial charge on any atom is 0.387 e. The molecule has 2 fully saturated rings. The summed E-state index contributed by atoms with van der Waals surface area (Å²) in [7, 11) is 0. The van der Waals surface area contributed by atoms with Crippen molar-refractivity contribution in [2.75, 3.05) is 23.4 Å². The lowest BCUT2D eigenvalue weighted by molar-refractivity contribution is -0.124. The van der Waals surface area contributed by atoms with E-state index < -0.39 is 6.61 Å². The highest BCUT2D eigenvalue weighted by Gasteiger charge is 2.31. The number of piperidine rings is 1. The molecule has 0 radical (unpaired) electrons. The van der Waals surface area contributed by atoms with E-state index in [0.717, 1.165) is 18.5 Å². The Morgan fingerprint density at radius 2 is 1.87 bits per heavy atom. The van der Waals surface area contributed by atoms with Gasteiger partial charge in [0, 0.05) is 30.4 Å². The minimum Gasteiger partial charge on any atom is -0.489 e. The molecule has 1 saturated carbocycles. The minimum atomic E-state index is -2.97. The van der Waals surface area contributed by atoms with E-state index in [1.807, 2.05) is 30.3 Å². The predicted octanol–water partition coefficient (Wildman–Crippen LogP) is 4.46. The molecule has 0 bridgehead atoms. The molecule has 2 amide bonds. The molecular weight excluding hydrogens is 406 g/mol. The van der Waals surface area contributed by atoms with Gasteiger partial charge in [-0.3, -0.25) is 9.59 Å². The van der Waals surface area contributed by atoms with Crippen molar-refractivity contribution < 1.29 is 27.8 Å². The van der Waals surface area contributed by atoms with Gasteiger partial charge in [0.05, 0.1) is 12.5 Å². The molecule has 31 heavy (non-hydrogen) atoms. The van der Waals surface area contributed by atoms with Gasteiger partial charge < -0.3 is 19.7 Å². The van der Waals surface area contributed by atoms with Crippen LogP contribution in [-0.2, 0) is 9.59 Å². The highest BCUT2D eigenvalue weighted by molar-refractivity contribution is 5.99. The summed E-state index contributed by atoms with van der Waals surface area (Å²) in [4.78, 5) is 26.8. The van der Waals surface area contributed by atoms with Crippen LogP contribution in [0.4, 0.5) is 20.2 Å². The van der Waals surface area contributed by atoms with E-state index in [1.54, 1.807) is 4.90 Å². The lowest BCUT2D eigenvalue weighted by Crippen LogP contribution is -2.44. The fourth-order valence-corrected chi connectivity index (χ4v) is 3.55. The minimum absolute atomic E-state index is 0.0143. The van der Waals surface area contributed by atoms with Crippen LogP contribution < -0.4 is 19.7 Å². The molecule has 8 heteroatoms. The van der Waals surface area contributed by atoms with Gasteiger partial charge in [-0.1, -0.05) is 18.2 Å². The van der Waals surface area contributed by atoms with Gasteiger partial charge in [0.15, 0.2) is 11.5 Å². The first-order valence-corrected chi connectivity index (χ1v) is 10.4. The lowest BCUT2D eigenvalue weighted by Gasteiger charge is -2.32. The number of ether oxygens (including phenoxy) is 2. The SMILES string of the molecule is O=C(Nc1ccc(OC(F)F)c(OCC2CC2)c1)[C@H]1CCC(=O)N(c2ccccc2)C1. The quantitative estimate of drug-likeness (QED) is 0.672. The van der Waals surface area contributed by atoms with Gasteiger partial charge in [-0.2, -0.15) is 8.78 Å². The van der Waals surface area contributed by atoms with Gasteiger partial charge in [-0.05, 0) is 49.4 Å². The number of hydrogen-bond donors (Lipinski definition) is 1. The van der Waals surface area contributed by atoms with Crippen LogP contribution in [0, 0.1) is 11.8 Å². The smallest absolute Gasteiger partial charge is 0.387 e. The van der Waals surface area contributed by atoms with Gasteiger partial charge in [0.1, 0.15) is 0 Å². The molecule has 1 heterocycles. The van der Waals surface area contributed by atoms with E-state index >= 15 is 0 Å². The number of carbonyl (C=O) groups excluding carboxylic acids is 2. The molecule has 2 aliphatic rings. The Balaban J connectivity index is 1.44. The van der Waals surface area contributed by atoms with Crippen LogP contribution in [0.5, 0.6) is 11.5 Å². The number of alkyl halides is 2. The first kappa shape index (κ1) is 21.1. The normalized spacial score (nSPS) is 18.7. The summed E-state index contributed by atoms with van der Waals surface area (Å²) < 4.78 is 35.6. The van der Waals surface area contributed by atoms with Gasteiger partial charge in [0.2, 0.25) is 11.8 Å². The molecule has 0 spiro atoms. The zero-order chi connectivity index (χ0) is 21.8. The number of nitrogens with zero attached hydrogens (tertiary/aromatic N) is 1. The number of rotatable bonds is 8. The van der Waals surface area contributed by atoms with Crippen molar-refractivity contribution in [3.8, 4) is 11.5 Å². The fourth-order valence-electron chi connectivity index (χ4n) is 3.55. The first-order chi connectivity index (χ1) is 15.0. The van der Waals surface area contributed by atoms with E-state index in [0.29, 0.717) is 24.6 Å². The second-order valence-corrected chi connectivity index (χ2v) is 7.86. The summed E-state index contributed by atoms with van der Waals surface area (Å²) in [6.07, 6.45) is 2.84. The number of carbonyl (C=O) groups is 2. The molecule has 6 nitrogen and oxygen atoms in total. The third-order valence-corrected chi connectivity index (χ3v) is 5.45. The van der Waals surface area contributed by atoms with Crippen molar-refractivity contribution in [3.05, 3.63) is 48.5 Å². The second kappa shape index (κ2) is 9.32. The summed E-state index contributed by atoms with van der Waals surface area (Å²) >= 11 is 0. The van der Waals surface area contributed by atoms with Crippen LogP contribution in [0.1, 0.15) is 25.7 Å². The van der Waals surface area contributed by atoms with Gasteiger partial charge in [0.25, 0.3) is 0 Å². The summed E-state index contributed by atoms with van der Waals surface area (Å²) in [6, 6.07) is 13.6. The predicted molar refractivity (Wildman–Crippen MR) is 111 cm³/mol. The Hall–Kier alpha value is -3.16. The standard InChI is InChI=1S/C23H24F2N2O4/c24-23(25)31-19-10-9-17(12-20(19)30-14-15-6-7-15)26-22(29)16-8-11-21(28)27(13-16)18-4-2-1-3-5-18/h1-5,9-10,12,15-16,23H,6-8,11,13-14H2,(H,26,29)/t16-/m0/s1. The summed E-state index contributed by atoms with van der Waals surface area (Å²) in [5.41, 5.74) is 1.19. The highest BCUT2D eigenvalue weighted by atomic mass is 19.3. The van der Waals surface area contributed by atoms with Crippen LogP contribution in [0.3, 0.4) is 0 Å². The lowest BCUT2D eigenvalue weighted by atomic mass is 9.96. The molecule has 1 atom stereocenters. The number of nitrogens with one attached hydrogen (secondary N) is 1. The van der Waals surface area contributed by atoms with Crippen LogP contribution in [0.25, 0.3) is 0 Å². The number of amides is 2. The molecule has 1 N–H and O–H groups in total. The van der Waals surface area contributed by atoms with Gasteiger partial charge in [-0.25, -0.2) is 0 Å². The average molecular weight is 430 g/mol. The number of halogens is 2. The third-order valence-electron chi connectivity index (χ3n) is 5.45. The Morgan fingerprint density at radius 3 is 2.58 bits per heavy atom. The molecule has 164 valence electrons. The molecule has 2 aromatic carbocycles. The van der Waals surface area contributed by atoms with Gasteiger partial charge in [-0.15, -0.1) is 0 Å². The van der Waals surface area contributed by atoms with E-state index in [-0.39, 0.29) is 42.2 Å². The number of benzene rings is 2. The Labute approximate surface area is 179 Å². The largest absolute Gasteiger partial charge is 0.489 e. The van der Waals surface area contributed by atoms with Crippen molar-refractivity contribution in [1.29, 1.82) is 0 Å². The maximum atomic E-state index is 12.9. The molecule has 1 saturated heterocycles. The average Bonchev–Trinajstić information content (AvgIpc) is 3.59. The van der Waals surface area contributed by atoms with E-state index in [1.165, 1.54) is 18.2 Å². The van der Waals surface area contributed by atoms with Crippen LogP contribution in [-0.4, -0.2) is 31.6 Å².